The van der Waals surface area contributed by atoms with Gasteiger partial charge in [0.15, 0.2) is 0 Å². The molecule has 31 heavy (non-hydrogen) atoms. The number of fused-ring (bicyclic) bond motifs is 1. The van der Waals surface area contributed by atoms with Gasteiger partial charge in [-0.3, -0.25) is 9.59 Å². The topological polar surface area (TPSA) is 86.9 Å². The fraction of sp³-hybridized carbons (Fsp3) is 0.375. The first-order chi connectivity index (χ1) is 14.9. The Balaban J connectivity index is 1.51. The van der Waals surface area contributed by atoms with Crippen LogP contribution in [0, 0.1) is 5.92 Å². The molecule has 0 spiro atoms. The van der Waals surface area contributed by atoms with Crippen LogP contribution in [-0.4, -0.2) is 21.8 Å². The zero-order valence-corrected chi connectivity index (χ0v) is 18.5. The van der Waals surface area contributed by atoms with Crippen molar-refractivity contribution in [3.8, 4) is 0 Å². The number of imidazole rings is 1. The number of nitrogens with one attached hydrogen (secondary N) is 3. The summed E-state index contributed by atoms with van der Waals surface area (Å²) in [5.74, 6) is 0.702. The van der Waals surface area contributed by atoms with Crippen molar-refractivity contribution in [2.45, 2.75) is 51.5 Å². The SMILES string of the molecule is CC(=O)Nc1cccc([C@H](C)NC(=O)[C@@H]2CCCC[C@@H]2c2nc3ccc(Cl)cc3[nH]2)c1. The Morgan fingerprint density at radius 1 is 1.16 bits per heavy atom. The van der Waals surface area contributed by atoms with Gasteiger partial charge in [-0.15, -0.1) is 0 Å². The van der Waals surface area contributed by atoms with Crippen LogP contribution in [0.3, 0.4) is 0 Å². The smallest absolute Gasteiger partial charge is 0.224 e. The highest BCUT2D eigenvalue weighted by molar-refractivity contribution is 6.31. The van der Waals surface area contributed by atoms with Crippen molar-refractivity contribution in [2.24, 2.45) is 5.92 Å². The van der Waals surface area contributed by atoms with Crippen molar-refractivity contribution >= 4 is 40.1 Å². The summed E-state index contributed by atoms with van der Waals surface area (Å²) in [5, 5.41) is 6.63. The fourth-order valence-corrected chi connectivity index (χ4v) is 4.61. The number of halogens is 1. The first-order valence-corrected chi connectivity index (χ1v) is 11.1. The van der Waals surface area contributed by atoms with Crippen LogP contribution in [-0.2, 0) is 9.59 Å². The predicted octanol–water partition coefficient (Wildman–Crippen LogP) is 5.33. The monoisotopic (exact) mass is 438 g/mol. The molecule has 3 atom stereocenters. The first kappa shape index (κ1) is 21.4. The lowest BCUT2D eigenvalue weighted by Gasteiger charge is -2.30. The van der Waals surface area contributed by atoms with E-state index < -0.39 is 0 Å². The summed E-state index contributed by atoms with van der Waals surface area (Å²) in [6.07, 6.45) is 3.89. The maximum Gasteiger partial charge on any atom is 0.224 e. The second kappa shape index (κ2) is 9.10. The Kier molecular flexibility index (Phi) is 6.28. The number of rotatable bonds is 5. The summed E-state index contributed by atoms with van der Waals surface area (Å²) in [4.78, 5) is 32.7. The average Bonchev–Trinajstić information content (AvgIpc) is 3.16. The quantitative estimate of drug-likeness (QED) is 0.503. The predicted molar refractivity (Wildman–Crippen MR) is 123 cm³/mol. The zero-order chi connectivity index (χ0) is 22.0. The molecule has 2 aromatic carbocycles. The Morgan fingerprint density at radius 2 is 1.97 bits per heavy atom. The van der Waals surface area contributed by atoms with Crippen molar-refractivity contribution in [1.82, 2.24) is 15.3 Å². The molecule has 7 heteroatoms. The lowest BCUT2D eigenvalue weighted by atomic mass is 9.78. The number of amides is 2. The molecule has 1 fully saturated rings. The van der Waals surface area contributed by atoms with Crippen LogP contribution in [0.5, 0.6) is 0 Å². The number of anilines is 1. The molecule has 4 rings (SSSR count). The molecular formula is C24H27ClN4O2. The van der Waals surface area contributed by atoms with Crippen LogP contribution >= 0.6 is 11.6 Å². The molecule has 6 nitrogen and oxygen atoms in total. The van der Waals surface area contributed by atoms with Gasteiger partial charge in [0.05, 0.1) is 17.1 Å². The Bertz CT molecular complexity index is 1110. The third-order valence-electron chi connectivity index (χ3n) is 5.98. The van der Waals surface area contributed by atoms with Crippen LogP contribution in [0.15, 0.2) is 42.5 Å². The van der Waals surface area contributed by atoms with Crippen LogP contribution in [0.2, 0.25) is 5.02 Å². The lowest BCUT2D eigenvalue weighted by molar-refractivity contribution is -0.127. The minimum absolute atomic E-state index is 0.0422. The second-order valence-corrected chi connectivity index (χ2v) is 8.75. The van der Waals surface area contributed by atoms with Crippen molar-refractivity contribution < 1.29 is 9.59 Å². The molecule has 1 aromatic heterocycles. The summed E-state index contributed by atoms with van der Waals surface area (Å²) < 4.78 is 0. The van der Waals surface area contributed by atoms with E-state index in [1.54, 1.807) is 0 Å². The maximum atomic E-state index is 13.3. The summed E-state index contributed by atoms with van der Waals surface area (Å²) in [7, 11) is 0. The van der Waals surface area contributed by atoms with E-state index in [0.29, 0.717) is 5.02 Å². The number of hydrogen-bond donors (Lipinski definition) is 3. The van der Waals surface area contributed by atoms with Gasteiger partial charge in [0.1, 0.15) is 5.82 Å². The van der Waals surface area contributed by atoms with Gasteiger partial charge in [0.25, 0.3) is 0 Å². The molecule has 0 aliphatic heterocycles. The number of carbonyl (C=O) groups is 2. The molecular weight excluding hydrogens is 412 g/mol. The summed E-state index contributed by atoms with van der Waals surface area (Å²) >= 11 is 6.11. The number of hydrogen-bond acceptors (Lipinski definition) is 3. The minimum atomic E-state index is -0.168. The van der Waals surface area contributed by atoms with Gasteiger partial charge in [0, 0.05) is 29.5 Å². The highest BCUT2D eigenvalue weighted by atomic mass is 35.5. The van der Waals surface area contributed by atoms with Gasteiger partial charge in [-0.25, -0.2) is 4.98 Å². The van der Waals surface area contributed by atoms with Crippen LogP contribution in [0.25, 0.3) is 11.0 Å². The number of H-pyrrole nitrogens is 1. The zero-order valence-electron chi connectivity index (χ0n) is 17.7. The Hall–Kier alpha value is -2.86. The van der Waals surface area contributed by atoms with Gasteiger partial charge in [-0.1, -0.05) is 36.6 Å². The molecule has 1 aliphatic carbocycles. The number of nitrogens with zero attached hydrogens (tertiary/aromatic N) is 1. The van der Waals surface area contributed by atoms with E-state index in [9.17, 15) is 9.59 Å². The molecule has 3 N–H and O–H groups in total. The fourth-order valence-electron chi connectivity index (χ4n) is 4.44. The van der Waals surface area contributed by atoms with E-state index in [1.165, 1.54) is 6.92 Å². The van der Waals surface area contributed by atoms with E-state index in [2.05, 4.69) is 15.6 Å². The highest BCUT2D eigenvalue weighted by Crippen LogP contribution is 2.38. The van der Waals surface area contributed by atoms with E-state index in [0.717, 1.165) is 53.8 Å². The molecule has 0 saturated heterocycles. The molecule has 0 unspecified atom stereocenters. The van der Waals surface area contributed by atoms with Gasteiger partial charge in [0.2, 0.25) is 11.8 Å². The standard InChI is InChI=1S/C24H27ClN4O2/c1-14(16-6-5-7-18(12-16)27-15(2)30)26-24(31)20-9-4-3-8-19(20)23-28-21-11-10-17(25)13-22(21)29-23/h5-7,10-14,19-20H,3-4,8-9H2,1-2H3,(H,26,31)(H,27,30)(H,28,29)/t14-,19-,20+/m0/s1. The molecule has 1 aliphatic rings. The summed E-state index contributed by atoms with van der Waals surface area (Å²) in [6.45, 7) is 3.44. The molecule has 162 valence electrons. The van der Waals surface area contributed by atoms with Crippen LogP contribution < -0.4 is 10.6 Å². The molecule has 2 amide bonds. The highest BCUT2D eigenvalue weighted by Gasteiger charge is 2.34. The average molecular weight is 439 g/mol. The normalized spacial score (nSPS) is 19.7. The molecule has 1 heterocycles. The van der Waals surface area contributed by atoms with Crippen molar-refractivity contribution in [3.63, 3.8) is 0 Å². The van der Waals surface area contributed by atoms with Gasteiger partial charge in [-0.05, 0) is 55.7 Å². The first-order valence-electron chi connectivity index (χ1n) is 10.7. The van der Waals surface area contributed by atoms with Gasteiger partial charge >= 0.3 is 0 Å². The molecule has 0 bridgehead atoms. The summed E-state index contributed by atoms with van der Waals surface area (Å²) in [6, 6.07) is 13.0. The molecule has 3 aromatic rings. The minimum Gasteiger partial charge on any atom is -0.349 e. The van der Waals surface area contributed by atoms with Crippen molar-refractivity contribution in [1.29, 1.82) is 0 Å². The lowest BCUT2D eigenvalue weighted by Crippen LogP contribution is -2.37. The maximum absolute atomic E-state index is 13.3. The number of benzene rings is 2. The summed E-state index contributed by atoms with van der Waals surface area (Å²) in [5.41, 5.74) is 3.44. The van der Waals surface area contributed by atoms with Crippen molar-refractivity contribution in [2.75, 3.05) is 5.32 Å². The van der Waals surface area contributed by atoms with Crippen LogP contribution in [0.1, 0.15) is 62.9 Å². The van der Waals surface area contributed by atoms with E-state index >= 15 is 0 Å². The Labute approximate surface area is 186 Å². The van der Waals surface area contributed by atoms with Crippen molar-refractivity contribution in [3.05, 3.63) is 58.9 Å². The largest absolute Gasteiger partial charge is 0.349 e. The van der Waals surface area contributed by atoms with Gasteiger partial charge in [-0.2, -0.15) is 0 Å². The number of aromatic nitrogens is 2. The van der Waals surface area contributed by atoms with E-state index in [4.69, 9.17) is 16.6 Å². The van der Waals surface area contributed by atoms with E-state index in [1.807, 2.05) is 49.4 Å². The second-order valence-electron chi connectivity index (χ2n) is 8.32. The van der Waals surface area contributed by atoms with Gasteiger partial charge < -0.3 is 15.6 Å². The molecule has 1 saturated carbocycles. The third kappa shape index (κ3) is 4.90. The van der Waals surface area contributed by atoms with Crippen LogP contribution in [0.4, 0.5) is 5.69 Å². The van der Waals surface area contributed by atoms with E-state index in [-0.39, 0.29) is 29.7 Å². The molecule has 0 radical (unpaired) electrons. The Morgan fingerprint density at radius 3 is 2.77 bits per heavy atom. The number of aromatic amines is 1. The third-order valence-corrected chi connectivity index (χ3v) is 6.22. The number of carbonyl (C=O) groups excluding carboxylic acids is 2.